The summed E-state index contributed by atoms with van der Waals surface area (Å²) >= 11 is 6.30. The number of ether oxygens (including phenoxy) is 1. The van der Waals surface area contributed by atoms with Crippen molar-refractivity contribution in [2.24, 2.45) is 7.05 Å². The summed E-state index contributed by atoms with van der Waals surface area (Å²) in [4.78, 5) is 7.76. The molecule has 7 heteroatoms. The number of nitrogens with one attached hydrogen (secondary N) is 1. The van der Waals surface area contributed by atoms with E-state index in [0.717, 1.165) is 33.4 Å². The lowest BCUT2D eigenvalue weighted by Gasteiger charge is -2.17. The van der Waals surface area contributed by atoms with Gasteiger partial charge in [0, 0.05) is 53.1 Å². The Morgan fingerprint density at radius 2 is 2.07 bits per heavy atom. The first-order valence-corrected chi connectivity index (χ1v) is 9.28. The number of halogens is 2. The Hall–Kier alpha value is -2.86. The number of nitrogens with zero attached hydrogens (tertiary/aromatic N) is 3. The van der Waals surface area contributed by atoms with Gasteiger partial charge in [-0.15, -0.1) is 0 Å². The summed E-state index contributed by atoms with van der Waals surface area (Å²) < 4.78 is 21.4. The Morgan fingerprint density at radius 1 is 1.29 bits per heavy atom. The van der Waals surface area contributed by atoms with Crippen molar-refractivity contribution in [2.75, 3.05) is 7.11 Å². The van der Waals surface area contributed by atoms with Gasteiger partial charge in [-0.2, -0.15) is 5.10 Å². The van der Waals surface area contributed by atoms with E-state index < -0.39 is 5.82 Å². The molecule has 144 valence electrons. The van der Waals surface area contributed by atoms with Crippen LogP contribution in [0, 0.1) is 12.7 Å². The molecule has 0 fully saturated rings. The van der Waals surface area contributed by atoms with Crippen molar-refractivity contribution >= 4 is 22.6 Å². The number of rotatable bonds is 4. The van der Waals surface area contributed by atoms with Crippen molar-refractivity contribution in [3.63, 3.8) is 0 Å². The van der Waals surface area contributed by atoms with Gasteiger partial charge in [0.15, 0.2) is 0 Å². The normalized spacial score (nSPS) is 12.5. The molecular weight excluding hydrogens is 379 g/mol. The lowest BCUT2D eigenvalue weighted by Crippen LogP contribution is -2.02. The SMILES string of the molecule is COc1ccc(F)c(Cl)c1C(C)c1c[nH]c2ncc(-c3cnn(C)c3C)cc12. The number of pyridine rings is 1. The molecule has 0 saturated carbocycles. The van der Waals surface area contributed by atoms with E-state index in [9.17, 15) is 4.39 Å². The third-order valence-corrected chi connectivity index (χ3v) is 5.71. The largest absolute Gasteiger partial charge is 0.496 e. The Bertz CT molecular complexity index is 1180. The minimum absolute atomic E-state index is 0.0772. The number of benzene rings is 1. The third kappa shape index (κ3) is 2.85. The van der Waals surface area contributed by atoms with Gasteiger partial charge >= 0.3 is 0 Å². The zero-order valence-corrected chi connectivity index (χ0v) is 16.8. The highest BCUT2D eigenvalue weighted by molar-refractivity contribution is 6.31. The maximum absolute atomic E-state index is 14.1. The summed E-state index contributed by atoms with van der Waals surface area (Å²) in [6.07, 6.45) is 5.55. The lowest BCUT2D eigenvalue weighted by molar-refractivity contribution is 0.407. The predicted octanol–water partition coefficient (Wildman–Crippen LogP) is 5.22. The predicted molar refractivity (Wildman–Crippen MR) is 109 cm³/mol. The van der Waals surface area contributed by atoms with Gasteiger partial charge in [-0.25, -0.2) is 9.37 Å². The van der Waals surface area contributed by atoms with Crippen LogP contribution in [-0.2, 0) is 7.05 Å². The van der Waals surface area contributed by atoms with Crippen LogP contribution < -0.4 is 4.74 Å². The first kappa shape index (κ1) is 18.5. The molecular formula is C21H20ClFN4O. The zero-order valence-electron chi connectivity index (χ0n) is 16.0. The van der Waals surface area contributed by atoms with E-state index >= 15 is 0 Å². The van der Waals surface area contributed by atoms with Gasteiger partial charge in [-0.1, -0.05) is 18.5 Å². The van der Waals surface area contributed by atoms with E-state index in [1.807, 2.05) is 44.2 Å². The van der Waals surface area contributed by atoms with Crippen LogP contribution >= 0.6 is 11.6 Å². The second-order valence-corrected chi connectivity index (χ2v) is 7.21. The fraction of sp³-hybridized carbons (Fsp3) is 0.238. The van der Waals surface area contributed by atoms with Crippen LogP contribution in [0.2, 0.25) is 5.02 Å². The van der Waals surface area contributed by atoms with Crippen molar-refractivity contribution in [2.45, 2.75) is 19.8 Å². The highest BCUT2D eigenvalue weighted by Gasteiger charge is 2.23. The van der Waals surface area contributed by atoms with Crippen molar-refractivity contribution in [3.8, 4) is 16.9 Å². The van der Waals surface area contributed by atoms with E-state index in [-0.39, 0.29) is 10.9 Å². The van der Waals surface area contributed by atoms with Crippen LogP contribution in [-0.4, -0.2) is 26.9 Å². The molecule has 4 rings (SSSR count). The average molecular weight is 399 g/mol. The summed E-state index contributed by atoms with van der Waals surface area (Å²) in [7, 11) is 3.46. The number of aromatic amines is 1. The molecule has 0 aliphatic heterocycles. The van der Waals surface area contributed by atoms with Gasteiger partial charge < -0.3 is 9.72 Å². The summed E-state index contributed by atoms with van der Waals surface area (Å²) in [5.74, 6) is -0.103. The molecule has 0 aliphatic rings. The monoisotopic (exact) mass is 398 g/mol. The molecule has 0 spiro atoms. The minimum atomic E-state index is -0.464. The van der Waals surface area contributed by atoms with Gasteiger partial charge in [-0.05, 0) is 30.7 Å². The second-order valence-electron chi connectivity index (χ2n) is 6.83. The zero-order chi connectivity index (χ0) is 20.0. The molecule has 1 unspecified atom stereocenters. The van der Waals surface area contributed by atoms with E-state index in [4.69, 9.17) is 16.3 Å². The van der Waals surface area contributed by atoms with Crippen LogP contribution in [0.5, 0.6) is 5.75 Å². The fourth-order valence-electron chi connectivity index (χ4n) is 3.60. The standard InChI is InChI=1S/C21H20ClFN4O/c1-11(19-18(28-4)6-5-17(23)20(19)22)15-9-25-21-14(15)7-13(8-24-21)16-10-26-27(3)12(16)2/h5-11H,1-4H3,(H,24,25). The van der Waals surface area contributed by atoms with Crippen molar-refractivity contribution < 1.29 is 9.13 Å². The maximum atomic E-state index is 14.1. The number of aryl methyl sites for hydroxylation is 1. The summed E-state index contributed by atoms with van der Waals surface area (Å²) in [6, 6.07) is 5.00. The quantitative estimate of drug-likeness (QED) is 0.512. The van der Waals surface area contributed by atoms with Crippen molar-refractivity contribution in [3.05, 3.63) is 64.5 Å². The number of methoxy groups -OCH3 is 1. The number of H-pyrrole nitrogens is 1. The molecule has 0 radical (unpaired) electrons. The molecule has 4 aromatic rings. The van der Waals surface area contributed by atoms with Crippen LogP contribution in [0.4, 0.5) is 4.39 Å². The first-order chi connectivity index (χ1) is 13.4. The van der Waals surface area contributed by atoms with E-state index in [1.54, 1.807) is 13.2 Å². The van der Waals surface area contributed by atoms with E-state index in [1.165, 1.54) is 6.07 Å². The van der Waals surface area contributed by atoms with Gasteiger partial charge in [0.25, 0.3) is 0 Å². The topological polar surface area (TPSA) is 55.7 Å². The molecule has 0 aliphatic carbocycles. The first-order valence-electron chi connectivity index (χ1n) is 8.90. The number of aromatic nitrogens is 4. The van der Waals surface area contributed by atoms with E-state index in [0.29, 0.717) is 11.3 Å². The Morgan fingerprint density at radius 3 is 2.75 bits per heavy atom. The van der Waals surface area contributed by atoms with E-state index in [2.05, 4.69) is 21.1 Å². The van der Waals surface area contributed by atoms with Gasteiger partial charge in [-0.3, -0.25) is 4.68 Å². The van der Waals surface area contributed by atoms with Crippen molar-refractivity contribution in [1.82, 2.24) is 19.7 Å². The number of fused-ring (bicyclic) bond motifs is 1. The van der Waals surface area contributed by atoms with Crippen LogP contribution in [0.15, 0.2) is 36.8 Å². The molecule has 0 bridgehead atoms. The Labute approximate surface area is 167 Å². The van der Waals surface area contributed by atoms with Gasteiger partial charge in [0.05, 0.1) is 18.3 Å². The summed E-state index contributed by atoms with van der Waals surface area (Å²) in [6.45, 7) is 4.00. The van der Waals surface area contributed by atoms with Crippen LogP contribution in [0.25, 0.3) is 22.2 Å². The summed E-state index contributed by atoms with van der Waals surface area (Å²) in [5, 5.41) is 5.35. The Kier molecular flexibility index (Phi) is 4.59. The molecule has 0 saturated heterocycles. The highest BCUT2D eigenvalue weighted by Crippen LogP contribution is 2.40. The molecule has 28 heavy (non-hydrogen) atoms. The second kappa shape index (κ2) is 6.95. The molecule has 3 heterocycles. The number of hydrogen-bond acceptors (Lipinski definition) is 3. The highest BCUT2D eigenvalue weighted by atomic mass is 35.5. The average Bonchev–Trinajstić information content (AvgIpc) is 3.26. The number of hydrogen-bond donors (Lipinski definition) is 1. The third-order valence-electron chi connectivity index (χ3n) is 5.32. The molecule has 3 aromatic heterocycles. The van der Waals surface area contributed by atoms with Crippen molar-refractivity contribution in [1.29, 1.82) is 0 Å². The minimum Gasteiger partial charge on any atom is -0.496 e. The van der Waals surface area contributed by atoms with Gasteiger partial charge in [0.1, 0.15) is 17.2 Å². The fourth-order valence-corrected chi connectivity index (χ4v) is 3.92. The molecule has 1 aromatic carbocycles. The van der Waals surface area contributed by atoms with Gasteiger partial charge in [0.2, 0.25) is 0 Å². The van der Waals surface area contributed by atoms with Crippen LogP contribution in [0.1, 0.15) is 29.7 Å². The molecule has 1 atom stereocenters. The molecule has 0 amide bonds. The molecule has 1 N–H and O–H groups in total. The van der Waals surface area contributed by atoms with Crippen LogP contribution in [0.3, 0.4) is 0 Å². The summed E-state index contributed by atoms with van der Waals surface area (Å²) in [5.41, 5.74) is 5.41. The maximum Gasteiger partial charge on any atom is 0.142 e. The Balaban J connectivity index is 1.87. The lowest BCUT2D eigenvalue weighted by atomic mass is 9.91. The molecule has 5 nitrogen and oxygen atoms in total. The smallest absolute Gasteiger partial charge is 0.142 e.